The number of fused-ring (bicyclic) bond motifs is 1. The Hall–Kier alpha value is -1.87. The standard InChI is InChI=1S/C18H21N3/c1-13-3-5-14(6-4-13)17-8-7-16(9-19-17)21-11-15-10-20(2)18(15)12-21/h3-9,15,18H,10-12H2,1-2H3/t15-,18+/m1/s1. The Morgan fingerprint density at radius 1 is 1.00 bits per heavy atom. The number of nitrogens with zero attached hydrogens (tertiary/aromatic N) is 3. The largest absolute Gasteiger partial charge is 0.368 e. The van der Waals surface area contributed by atoms with Crippen LogP contribution in [0.25, 0.3) is 11.3 Å². The summed E-state index contributed by atoms with van der Waals surface area (Å²) in [4.78, 5) is 9.59. The van der Waals surface area contributed by atoms with Crippen molar-refractivity contribution in [3.05, 3.63) is 48.2 Å². The van der Waals surface area contributed by atoms with Gasteiger partial charge in [-0.3, -0.25) is 4.98 Å². The molecule has 0 amide bonds. The Morgan fingerprint density at radius 2 is 1.81 bits per heavy atom. The molecule has 0 spiro atoms. The van der Waals surface area contributed by atoms with Gasteiger partial charge in [-0.05, 0) is 26.1 Å². The molecule has 3 heteroatoms. The number of hydrogen-bond donors (Lipinski definition) is 0. The molecular formula is C18H21N3. The molecule has 2 aliphatic rings. The molecule has 3 nitrogen and oxygen atoms in total. The fourth-order valence-electron chi connectivity index (χ4n) is 3.58. The van der Waals surface area contributed by atoms with Gasteiger partial charge in [-0.25, -0.2) is 0 Å². The van der Waals surface area contributed by atoms with Crippen LogP contribution in [0.2, 0.25) is 0 Å². The van der Waals surface area contributed by atoms with Gasteiger partial charge in [0.25, 0.3) is 0 Å². The summed E-state index contributed by atoms with van der Waals surface area (Å²) in [6.45, 7) is 5.68. The summed E-state index contributed by atoms with van der Waals surface area (Å²) in [7, 11) is 2.23. The van der Waals surface area contributed by atoms with Gasteiger partial charge in [0, 0.05) is 37.2 Å². The van der Waals surface area contributed by atoms with Crippen molar-refractivity contribution in [1.29, 1.82) is 0 Å². The van der Waals surface area contributed by atoms with Gasteiger partial charge in [0.15, 0.2) is 0 Å². The second-order valence-electron chi connectivity index (χ2n) is 6.44. The second-order valence-corrected chi connectivity index (χ2v) is 6.44. The van der Waals surface area contributed by atoms with Gasteiger partial charge >= 0.3 is 0 Å². The maximum absolute atomic E-state index is 4.66. The number of benzene rings is 1. The first-order valence-electron chi connectivity index (χ1n) is 7.69. The zero-order valence-electron chi connectivity index (χ0n) is 12.7. The zero-order valence-corrected chi connectivity index (χ0v) is 12.7. The van der Waals surface area contributed by atoms with Crippen LogP contribution in [-0.4, -0.2) is 42.6 Å². The lowest BCUT2D eigenvalue weighted by Gasteiger charge is -2.40. The average Bonchev–Trinajstić information content (AvgIpc) is 2.86. The van der Waals surface area contributed by atoms with E-state index in [4.69, 9.17) is 0 Å². The van der Waals surface area contributed by atoms with E-state index in [0.29, 0.717) is 0 Å². The molecule has 0 radical (unpaired) electrons. The van der Waals surface area contributed by atoms with Gasteiger partial charge in [-0.15, -0.1) is 0 Å². The summed E-state index contributed by atoms with van der Waals surface area (Å²) in [5.41, 5.74) is 4.78. The number of likely N-dealkylation sites (tertiary alicyclic amines) is 1. The SMILES string of the molecule is Cc1ccc(-c2ccc(N3C[C@H]4CN(C)[C@H]4C3)cn2)cc1. The van der Waals surface area contributed by atoms with Crippen molar-refractivity contribution in [3.63, 3.8) is 0 Å². The molecule has 4 rings (SSSR count). The highest BCUT2D eigenvalue weighted by Gasteiger charge is 2.43. The van der Waals surface area contributed by atoms with Gasteiger partial charge in [0.1, 0.15) is 0 Å². The molecule has 2 aliphatic heterocycles. The van der Waals surface area contributed by atoms with Crippen molar-refractivity contribution in [3.8, 4) is 11.3 Å². The molecule has 3 heterocycles. The molecule has 0 N–H and O–H groups in total. The lowest BCUT2D eigenvalue weighted by atomic mass is 9.93. The lowest BCUT2D eigenvalue weighted by Crippen LogP contribution is -2.52. The molecule has 0 aliphatic carbocycles. The van der Waals surface area contributed by atoms with Crippen LogP contribution < -0.4 is 4.90 Å². The quantitative estimate of drug-likeness (QED) is 0.842. The number of pyridine rings is 1. The minimum absolute atomic E-state index is 0.752. The van der Waals surface area contributed by atoms with Crippen LogP contribution in [0.15, 0.2) is 42.6 Å². The third-order valence-corrected chi connectivity index (χ3v) is 4.96. The van der Waals surface area contributed by atoms with Gasteiger partial charge in [-0.1, -0.05) is 29.8 Å². The number of aryl methyl sites for hydroxylation is 1. The van der Waals surface area contributed by atoms with Crippen LogP contribution in [0.5, 0.6) is 0 Å². The Balaban J connectivity index is 1.53. The lowest BCUT2D eigenvalue weighted by molar-refractivity contribution is 0.0827. The molecule has 21 heavy (non-hydrogen) atoms. The minimum atomic E-state index is 0.752. The molecular weight excluding hydrogens is 258 g/mol. The second kappa shape index (κ2) is 4.85. The zero-order chi connectivity index (χ0) is 14.4. The van der Waals surface area contributed by atoms with E-state index < -0.39 is 0 Å². The van der Waals surface area contributed by atoms with Gasteiger partial charge in [-0.2, -0.15) is 0 Å². The summed E-state index contributed by atoms with van der Waals surface area (Å²) in [5, 5.41) is 0. The van der Waals surface area contributed by atoms with Crippen molar-refractivity contribution in [2.75, 3.05) is 31.6 Å². The van der Waals surface area contributed by atoms with Crippen LogP contribution in [0.3, 0.4) is 0 Å². The highest BCUT2D eigenvalue weighted by atomic mass is 15.3. The van der Waals surface area contributed by atoms with E-state index in [-0.39, 0.29) is 0 Å². The highest BCUT2D eigenvalue weighted by molar-refractivity contribution is 5.62. The Morgan fingerprint density at radius 3 is 2.43 bits per heavy atom. The molecule has 2 saturated heterocycles. The molecule has 0 bridgehead atoms. The van der Waals surface area contributed by atoms with Crippen molar-refractivity contribution in [1.82, 2.24) is 9.88 Å². The number of rotatable bonds is 2. The van der Waals surface area contributed by atoms with Gasteiger partial charge < -0.3 is 9.80 Å². The molecule has 1 aromatic carbocycles. The first-order valence-corrected chi connectivity index (χ1v) is 7.69. The van der Waals surface area contributed by atoms with E-state index in [0.717, 1.165) is 24.2 Å². The average molecular weight is 279 g/mol. The molecule has 2 aromatic rings. The fraction of sp³-hybridized carbons (Fsp3) is 0.389. The maximum atomic E-state index is 4.66. The van der Waals surface area contributed by atoms with E-state index in [2.05, 4.69) is 65.2 Å². The number of aromatic nitrogens is 1. The fourth-order valence-corrected chi connectivity index (χ4v) is 3.58. The minimum Gasteiger partial charge on any atom is -0.368 e. The van der Waals surface area contributed by atoms with E-state index in [1.165, 1.54) is 29.9 Å². The number of likely N-dealkylation sites (N-methyl/N-ethyl adjacent to an activating group) is 1. The maximum Gasteiger partial charge on any atom is 0.0703 e. The third-order valence-electron chi connectivity index (χ3n) is 4.96. The van der Waals surface area contributed by atoms with Crippen molar-refractivity contribution in [2.24, 2.45) is 5.92 Å². The Labute approximate surface area is 126 Å². The van der Waals surface area contributed by atoms with Crippen molar-refractivity contribution in [2.45, 2.75) is 13.0 Å². The van der Waals surface area contributed by atoms with Crippen molar-refractivity contribution < 1.29 is 0 Å². The molecule has 2 fully saturated rings. The first-order chi connectivity index (χ1) is 10.2. The van der Waals surface area contributed by atoms with Gasteiger partial charge in [0.2, 0.25) is 0 Å². The predicted octanol–water partition coefficient (Wildman–Crippen LogP) is 2.81. The predicted molar refractivity (Wildman–Crippen MR) is 86.5 cm³/mol. The Bertz CT molecular complexity index is 633. The third kappa shape index (κ3) is 2.22. The van der Waals surface area contributed by atoms with Crippen LogP contribution >= 0.6 is 0 Å². The molecule has 1 aromatic heterocycles. The summed E-state index contributed by atoms with van der Waals surface area (Å²) in [5.74, 6) is 0.853. The van der Waals surface area contributed by atoms with Gasteiger partial charge in [0.05, 0.1) is 17.6 Å². The highest BCUT2D eigenvalue weighted by Crippen LogP contribution is 2.33. The van der Waals surface area contributed by atoms with E-state index in [1.807, 2.05) is 6.20 Å². The summed E-state index contributed by atoms with van der Waals surface area (Å²) in [6.07, 6.45) is 2.03. The Kier molecular flexibility index (Phi) is 2.96. The van der Waals surface area contributed by atoms with E-state index >= 15 is 0 Å². The molecule has 0 unspecified atom stereocenters. The smallest absolute Gasteiger partial charge is 0.0703 e. The monoisotopic (exact) mass is 279 g/mol. The van der Waals surface area contributed by atoms with Crippen LogP contribution in [0, 0.1) is 12.8 Å². The van der Waals surface area contributed by atoms with E-state index in [1.54, 1.807) is 0 Å². The summed E-state index contributed by atoms with van der Waals surface area (Å²) in [6, 6.07) is 13.7. The topological polar surface area (TPSA) is 19.4 Å². The normalized spacial score (nSPS) is 24.8. The van der Waals surface area contributed by atoms with E-state index in [9.17, 15) is 0 Å². The van der Waals surface area contributed by atoms with Crippen molar-refractivity contribution >= 4 is 5.69 Å². The number of hydrogen-bond acceptors (Lipinski definition) is 3. The van der Waals surface area contributed by atoms with Crippen LogP contribution in [0.4, 0.5) is 5.69 Å². The van der Waals surface area contributed by atoms with Crippen LogP contribution in [0.1, 0.15) is 5.56 Å². The summed E-state index contributed by atoms with van der Waals surface area (Å²) < 4.78 is 0. The number of anilines is 1. The summed E-state index contributed by atoms with van der Waals surface area (Å²) >= 11 is 0. The first kappa shape index (κ1) is 12.8. The van der Waals surface area contributed by atoms with Crippen LogP contribution in [-0.2, 0) is 0 Å². The molecule has 2 atom stereocenters. The molecule has 0 saturated carbocycles. The molecule has 108 valence electrons.